The Morgan fingerprint density at radius 3 is 1.33 bits per heavy atom. The fraction of sp³-hybridized carbons (Fsp3) is 0.938. The monoisotopic (exact) mass is 352 g/mol. The van der Waals surface area contributed by atoms with Crippen molar-refractivity contribution in [2.75, 3.05) is 0 Å². The number of carbonyl (C=O) groups is 1. The minimum atomic E-state index is -2.64. The maximum Gasteiger partial charge on any atom is 0.306 e. The molecule has 0 aromatic carbocycles. The molecular formula is C16H32O8. The molecule has 1 unspecified atom stereocenters. The van der Waals surface area contributed by atoms with Crippen LogP contribution in [0.2, 0.25) is 0 Å². The van der Waals surface area contributed by atoms with Crippen molar-refractivity contribution in [3.05, 3.63) is 0 Å². The highest BCUT2D eigenvalue weighted by molar-refractivity contribution is 5.69. The molecule has 24 heavy (non-hydrogen) atoms. The third-order valence-corrected chi connectivity index (χ3v) is 3.98. The van der Waals surface area contributed by atoms with Gasteiger partial charge in [-0.15, -0.1) is 0 Å². The largest absolute Gasteiger partial charge is 0.481 e. The lowest BCUT2D eigenvalue weighted by Crippen LogP contribution is -2.26. The van der Waals surface area contributed by atoms with Crippen LogP contribution in [0.5, 0.6) is 0 Å². The van der Waals surface area contributed by atoms with Crippen LogP contribution in [0.15, 0.2) is 0 Å². The number of aliphatic carboxylic acids is 1. The van der Waals surface area contributed by atoms with E-state index in [4.69, 9.17) is 30.6 Å². The number of unbranched alkanes of at least 4 members (excludes halogenated alkanes) is 6. The summed E-state index contributed by atoms with van der Waals surface area (Å²) in [5.41, 5.74) is 0. The Hall–Kier alpha value is -0.770. The van der Waals surface area contributed by atoms with Gasteiger partial charge in [-0.25, -0.2) is 0 Å². The highest BCUT2D eigenvalue weighted by Gasteiger charge is 2.19. The first-order chi connectivity index (χ1) is 11.0. The van der Waals surface area contributed by atoms with Gasteiger partial charge in [0.1, 0.15) is 0 Å². The van der Waals surface area contributed by atoms with E-state index in [9.17, 15) is 9.90 Å². The summed E-state index contributed by atoms with van der Waals surface area (Å²) in [5, 5.41) is 61.6. The number of carboxylic acids is 1. The van der Waals surface area contributed by atoms with Gasteiger partial charge in [0.2, 0.25) is 0 Å². The molecule has 0 heterocycles. The summed E-state index contributed by atoms with van der Waals surface area (Å²) in [6.07, 6.45) is 6.23. The Kier molecular flexibility index (Phi) is 11.4. The SMILES string of the molecule is O=C(O)C(CCCCCCCC(O)(O)O)CCCCCC(O)(O)O. The van der Waals surface area contributed by atoms with Crippen molar-refractivity contribution in [3.8, 4) is 0 Å². The quantitative estimate of drug-likeness (QED) is 0.167. The van der Waals surface area contributed by atoms with E-state index in [2.05, 4.69) is 0 Å². The lowest BCUT2D eigenvalue weighted by Gasteiger charge is -2.15. The lowest BCUT2D eigenvalue weighted by atomic mass is 9.94. The maximum absolute atomic E-state index is 11.2. The summed E-state index contributed by atoms with van der Waals surface area (Å²) in [7, 11) is 0. The van der Waals surface area contributed by atoms with Crippen molar-refractivity contribution >= 4 is 5.97 Å². The topological polar surface area (TPSA) is 159 Å². The number of hydrogen-bond acceptors (Lipinski definition) is 7. The minimum Gasteiger partial charge on any atom is -0.481 e. The van der Waals surface area contributed by atoms with Crippen molar-refractivity contribution in [1.82, 2.24) is 0 Å². The predicted octanol–water partition coefficient (Wildman–Crippen LogP) is 0.630. The summed E-state index contributed by atoms with van der Waals surface area (Å²) in [4.78, 5) is 11.2. The van der Waals surface area contributed by atoms with E-state index in [-0.39, 0.29) is 12.8 Å². The third-order valence-electron chi connectivity index (χ3n) is 3.98. The zero-order valence-corrected chi connectivity index (χ0v) is 14.1. The summed E-state index contributed by atoms with van der Waals surface area (Å²) >= 11 is 0. The number of aliphatic hydroxyl groups is 6. The average molecular weight is 352 g/mol. The van der Waals surface area contributed by atoms with Crippen LogP contribution in [0.4, 0.5) is 0 Å². The average Bonchev–Trinajstić information content (AvgIpc) is 2.40. The summed E-state index contributed by atoms with van der Waals surface area (Å²) < 4.78 is 0. The van der Waals surface area contributed by atoms with Crippen LogP contribution in [0.25, 0.3) is 0 Å². The van der Waals surface area contributed by atoms with Gasteiger partial charge in [-0.05, 0) is 25.7 Å². The summed E-state index contributed by atoms with van der Waals surface area (Å²) in [6.45, 7) is 0. The molecule has 8 nitrogen and oxygen atoms in total. The summed E-state index contributed by atoms with van der Waals surface area (Å²) in [5.74, 6) is -6.50. The molecule has 1 atom stereocenters. The van der Waals surface area contributed by atoms with Crippen molar-refractivity contribution < 1.29 is 40.5 Å². The van der Waals surface area contributed by atoms with Gasteiger partial charge in [0.25, 0.3) is 11.9 Å². The van der Waals surface area contributed by atoms with E-state index in [0.29, 0.717) is 38.5 Å². The van der Waals surface area contributed by atoms with Gasteiger partial charge >= 0.3 is 5.97 Å². The standard InChI is InChI=1S/C16H32O8/c17-14(18)13(10-6-4-8-12-16(22,23)24)9-5-2-1-3-7-11-15(19,20)21/h13,19-24H,1-12H2,(H,17,18). The van der Waals surface area contributed by atoms with Crippen molar-refractivity contribution in [2.24, 2.45) is 5.92 Å². The Bertz CT molecular complexity index is 332. The first-order valence-corrected chi connectivity index (χ1v) is 8.58. The maximum atomic E-state index is 11.2. The Morgan fingerprint density at radius 1 is 0.625 bits per heavy atom. The van der Waals surface area contributed by atoms with Gasteiger partial charge in [0.15, 0.2) is 0 Å². The molecule has 0 aliphatic rings. The van der Waals surface area contributed by atoms with Gasteiger partial charge < -0.3 is 35.7 Å². The van der Waals surface area contributed by atoms with E-state index < -0.39 is 23.8 Å². The molecule has 0 saturated carbocycles. The van der Waals surface area contributed by atoms with Gasteiger partial charge in [-0.2, -0.15) is 0 Å². The van der Waals surface area contributed by atoms with Crippen LogP contribution in [-0.4, -0.2) is 53.7 Å². The highest BCUT2D eigenvalue weighted by atomic mass is 16.7. The van der Waals surface area contributed by atoms with Crippen LogP contribution in [0.3, 0.4) is 0 Å². The first-order valence-electron chi connectivity index (χ1n) is 8.58. The molecule has 0 aliphatic carbocycles. The Balaban J connectivity index is 3.69. The highest BCUT2D eigenvalue weighted by Crippen LogP contribution is 2.20. The molecule has 8 heteroatoms. The molecular weight excluding hydrogens is 320 g/mol. The van der Waals surface area contributed by atoms with E-state index in [1.807, 2.05) is 0 Å². The van der Waals surface area contributed by atoms with Gasteiger partial charge in [0, 0.05) is 12.8 Å². The molecule has 7 N–H and O–H groups in total. The molecule has 0 aromatic heterocycles. The second-order valence-electron chi connectivity index (χ2n) is 6.49. The van der Waals surface area contributed by atoms with Gasteiger partial charge in [-0.1, -0.05) is 38.5 Å². The van der Waals surface area contributed by atoms with Crippen molar-refractivity contribution in [1.29, 1.82) is 0 Å². The molecule has 0 aliphatic heterocycles. The normalized spacial score (nSPS) is 13.9. The molecule has 0 bridgehead atoms. The predicted molar refractivity (Wildman–Crippen MR) is 85.3 cm³/mol. The zero-order chi connectivity index (χ0) is 18.6. The molecule has 0 saturated heterocycles. The zero-order valence-electron chi connectivity index (χ0n) is 14.1. The fourth-order valence-electron chi connectivity index (χ4n) is 2.60. The van der Waals surface area contributed by atoms with E-state index in [1.54, 1.807) is 0 Å². The minimum absolute atomic E-state index is 0.0957. The van der Waals surface area contributed by atoms with Crippen LogP contribution in [0, 0.1) is 5.92 Å². The second kappa shape index (κ2) is 11.7. The molecule has 0 radical (unpaired) electrons. The lowest BCUT2D eigenvalue weighted by molar-refractivity contribution is -0.316. The Morgan fingerprint density at radius 2 is 0.958 bits per heavy atom. The van der Waals surface area contributed by atoms with Crippen LogP contribution < -0.4 is 0 Å². The first kappa shape index (κ1) is 23.2. The molecule has 0 amide bonds. The van der Waals surface area contributed by atoms with Crippen LogP contribution >= 0.6 is 0 Å². The molecule has 0 fully saturated rings. The number of carboxylic acid groups (broad SMARTS) is 1. The van der Waals surface area contributed by atoms with Crippen molar-refractivity contribution in [3.63, 3.8) is 0 Å². The second-order valence-corrected chi connectivity index (χ2v) is 6.49. The van der Waals surface area contributed by atoms with Crippen molar-refractivity contribution in [2.45, 2.75) is 89.0 Å². The fourth-order valence-corrected chi connectivity index (χ4v) is 2.60. The number of hydrogen-bond donors (Lipinski definition) is 7. The molecule has 0 aromatic rings. The third kappa shape index (κ3) is 16.1. The molecule has 144 valence electrons. The molecule has 0 rings (SSSR count). The smallest absolute Gasteiger partial charge is 0.306 e. The Labute approximate surface area is 142 Å². The van der Waals surface area contributed by atoms with E-state index in [0.717, 1.165) is 25.7 Å². The number of rotatable bonds is 15. The van der Waals surface area contributed by atoms with Crippen LogP contribution in [-0.2, 0) is 4.79 Å². The van der Waals surface area contributed by atoms with Crippen LogP contribution in [0.1, 0.15) is 77.0 Å². The van der Waals surface area contributed by atoms with Gasteiger partial charge in [-0.3, -0.25) is 4.79 Å². The summed E-state index contributed by atoms with van der Waals surface area (Å²) in [6, 6.07) is 0. The van der Waals surface area contributed by atoms with E-state index in [1.165, 1.54) is 0 Å². The molecule has 0 spiro atoms. The van der Waals surface area contributed by atoms with Gasteiger partial charge in [0.05, 0.1) is 5.92 Å². The van der Waals surface area contributed by atoms with E-state index >= 15 is 0 Å².